The lowest BCUT2D eigenvalue weighted by Crippen LogP contribution is -2.15. The number of ether oxygens (including phenoxy) is 7. The quantitative estimate of drug-likeness (QED) is 0.124. The fraction of sp³-hybridized carbons (Fsp3) is 1.00. The van der Waals surface area contributed by atoms with Crippen LogP contribution in [-0.2, 0) is 33.2 Å². The van der Waals surface area contributed by atoms with Crippen LogP contribution < -0.4 is 0 Å². The maximum Gasteiger partial charge on any atom is 0.0703 e. The van der Waals surface area contributed by atoms with Crippen LogP contribution in [0.25, 0.3) is 0 Å². The number of rotatable bonds is 30. The van der Waals surface area contributed by atoms with E-state index in [-0.39, 0.29) is 6.10 Å². The van der Waals surface area contributed by atoms with E-state index in [0.717, 1.165) is 13.0 Å². The Morgan fingerprint density at radius 3 is 1.00 bits per heavy atom. The van der Waals surface area contributed by atoms with E-state index >= 15 is 0 Å². The van der Waals surface area contributed by atoms with Gasteiger partial charge in [0.2, 0.25) is 0 Å². The Bertz CT molecular complexity index is 356. The van der Waals surface area contributed by atoms with Gasteiger partial charge in [-0.1, -0.05) is 64.7 Å². The minimum atomic E-state index is 0.247. The van der Waals surface area contributed by atoms with E-state index in [0.29, 0.717) is 79.3 Å². The van der Waals surface area contributed by atoms with E-state index in [4.69, 9.17) is 33.2 Å². The first-order chi connectivity index (χ1) is 16.8. The lowest BCUT2D eigenvalue weighted by atomic mass is 10.1. The van der Waals surface area contributed by atoms with Crippen molar-refractivity contribution < 1.29 is 33.2 Å². The fourth-order valence-corrected chi connectivity index (χ4v) is 3.24. The van der Waals surface area contributed by atoms with E-state index in [9.17, 15) is 0 Å². The minimum absolute atomic E-state index is 0.247. The highest BCUT2D eigenvalue weighted by atomic mass is 16.6. The summed E-state index contributed by atoms with van der Waals surface area (Å²) >= 11 is 0. The van der Waals surface area contributed by atoms with Crippen LogP contribution in [0, 0.1) is 0 Å². The molecule has 0 aliphatic rings. The highest BCUT2D eigenvalue weighted by Gasteiger charge is 1.96. The standard InChI is InChI=1S/C27H56O7/c1-4-5-6-7-8-9-10-11-12-13-14-28-15-16-29-17-18-30-19-20-31-21-22-32-23-24-33-25-26-34-27(2)3/h27H,4-26H2,1-3H3. The third kappa shape index (κ3) is 31.7. The summed E-state index contributed by atoms with van der Waals surface area (Å²) in [6.07, 6.45) is 13.8. The SMILES string of the molecule is CCCCCCCCCCCCOCCOCCOCCOCCOCCOCCOC(C)C. The second kappa shape index (κ2) is 30.8. The van der Waals surface area contributed by atoms with Gasteiger partial charge >= 0.3 is 0 Å². The van der Waals surface area contributed by atoms with Gasteiger partial charge in [-0.05, 0) is 20.3 Å². The van der Waals surface area contributed by atoms with Crippen LogP contribution in [0.4, 0.5) is 0 Å². The molecule has 7 nitrogen and oxygen atoms in total. The monoisotopic (exact) mass is 492 g/mol. The van der Waals surface area contributed by atoms with Crippen LogP contribution in [0.15, 0.2) is 0 Å². The molecular formula is C27H56O7. The third-order valence-electron chi connectivity index (χ3n) is 5.18. The second-order valence-corrected chi connectivity index (χ2v) is 8.78. The lowest BCUT2D eigenvalue weighted by molar-refractivity contribution is -0.0238. The fourth-order valence-electron chi connectivity index (χ4n) is 3.24. The molecule has 0 heterocycles. The molecule has 0 aliphatic heterocycles. The van der Waals surface area contributed by atoms with E-state index in [2.05, 4.69) is 6.92 Å². The largest absolute Gasteiger partial charge is 0.379 e. The van der Waals surface area contributed by atoms with Crippen molar-refractivity contribution in [1.29, 1.82) is 0 Å². The molecule has 0 bridgehead atoms. The zero-order valence-corrected chi connectivity index (χ0v) is 22.7. The molecule has 0 unspecified atom stereocenters. The Morgan fingerprint density at radius 2 is 0.647 bits per heavy atom. The van der Waals surface area contributed by atoms with Crippen molar-refractivity contribution in [3.05, 3.63) is 0 Å². The van der Waals surface area contributed by atoms with Crippen molar-refractivity contribution in [3.8, 4) is 0 Å². The molecule has 34 heavy (non-hydrogen) atoms. The molecule has 0 N–H and O–H groups in total. The molecule has 0 fully saturated rings. The topological polar surface area (TPSA) is 64.6 Å². The number of hydrogen-bond acceptors (Lipinski definition) is 7. The van der Waals surface area contributed by atoms with Crippen LogP contribution in [0.1, 0.15) is 85.0 Å². The Balaban J connectivity index is 3.00. The zero-order valence-electron chi connectivity index (χ0n) is 22.7. The van der Waals surface area contributed by atoms with Gasteiger partial charge in [-0.2, -0.15) is 0 Å². The van der Waals surface area contributed by atoms with E-state index < -0.39 is 0 Å². The van der Waals surface area contributed by atoms with Gasteiger partial charge in [0.1, 0.15) is 0 Å². The Kier molecular flexibility index (Phi) is 30.5. The maximum absolute atomic E-state index is 5.63. The van der Waals surface area contributed by atoms with Crippen molar-refractivity contribution in [1.82, 2.24) is 0 Å². The molecule has 0 aromatic carbocycles. The van der Waals surface area contributed by atoms with E-state index in [1.165, 1.54) is 57.8 Å². The zero-order chi connectivity index (χ0) is 24.8. The summed E-state index contributed by atoms with van der Waals surface area (Å²) in [6, 6.07) is 0. The van der Waals surface area contributed by atoms with Crippen LogP contribution in [0.5, 0.6) is 0 Å². The Hall–Kier alpha value is -0.280. The van der Waals surface area contributed by atoms with Crippen LogP contribution in [-0.4, -0.2) is 92.0 Å². The van der Waals surface area contributed by atoms with Crippen LogP contribution >= 0.6 is 0 Å². The first kappa shape index (κ1) is 33.7. The highest BCUT2D eigenvalue weighted by Crippen LogP contribution is 2.10. The summed E-state index contributed by atoms with van der Waals surface area (Å²) in [4.78, 5) is 0. The van der Waals surface area contributed by atoms with Gasteiger partial charge in [-0.3, -0.25) is 0 Å². The predicted molar refractivity (Wildman–Crippen MR) is 138 cm³/mol. The average Bonchev–Trinajstić information content (AvgIpc) is 2.83. The average molecular weight is 493 g/mol. The molecule has 0 aromatic rings. The highest BCUT2D eigenvalue weighted by molar-refractivity contribution is 4.47. The summed E-state index contributed by atoms with van der Waals surface area (Å²) in [5, 5.41) is 0. The molecule has 0 atom stereocenters. The van der Waals surface area contributed by atoms with Gasteiger partial charge in [0.15, 0.2) is 0 Å². The molecule has 0 spiro atoms. The van der Waals surface area contributed by atoms with Gasteiger partial charge in [0.05, 0.1) is 85.4 Å². The lowest BCUT2D eigenvalue weighted by Gasteiger charge is -2.09. The maximum atomic E-state index is 5.63. The Labute approximate surface area is 210 Å². The first-order valence-electron chi connectivity index (χ1n) is 13.9. The molecule has 0 radical (unpaired) electrons. The molecule has 0 saturated carbocycles. The van der Waals surface area contributed by atoms with Crippen LogP contribution in [0.3, 0.4) is 0 Å². The van der Waals surface area contributed by atoms with Crippen molar-refractivity contribution in [2.24, 2.45) is 0 Å². The smallest absolute Gasteiger partial charge is 0.0703 e. The molecule has 206 valence electrons. The summed E-state index contributed by atoms with van der Waals surface area (Å²) in [7, 11) is 0. The van der Waals surface area contributed by atoms with Gasteiger partial charge in [-0.25, -0.2) is 0 Å². The molecule has 0 amide bonds. The molecule has 0 aromatic heterocycles. The van der Waals surface area contributed by atoms with E-state index in [1.807, 2.05) is 13.8 Å². The van der Waals surface area contributed by atoms with Crippen LogP contribution in [0.2, 0.25) is 0 Å². The summed E-state index contributed by atoms with van der Waals surface area (Å²) in [6.45, 7) is 14.2. The molecule has 0 saturated heterocycles. The van der Waals surface area contributed by atoms with Crippen molar-refractivity contribution in [2.45, 2.75) is 91.1 Å². The van der Waals surface area contributed by atoms with Gasteiger partial charge in [0, 0.05) is 6.61 Å². The molecule has 0 rings (SSSR count). The predicted octanol–water partition coefficient (Wildman–Crippen LogP) is 5.43. The number of hydrogen-bond donors (Lipinski definition) is 0. The van der Waals surface area contributed by atoms with Crippen molar-refractivity contribution in [3.63, 3.8) is 0 Å². The summed E-state index contributed by atoms with van der Waals surface area (Å²) in [5.41, 5.74) is 0. The van der Waals surface area contributed by atoms with Crippen molar-refractivity contribution >= 4 is 0 Å². The second-order valence-electron chi connectivity index (χ2n) is 8.78. The number of unbranched alkanes of at least 4 members (excludes halogenated alkanes) is 9. The molecule has 7 heteroatoms. The van der Waals surface area contributed by atoms with Gasteiger partial charge < -0.3 is 33.2 Å². The minimum Gasteiger partial charge on any atom is -0.379 e. The summed E-state index contributed by atoms with van der Waals surface area (Å²) in [5.74, 6) is 0. The van der Waals surface area contributed by atoms with E-state index in [1.54, 1.807) is 0 Å². The molecular weight excluding hydrogens is 436 g/mol. The summed E-state index contributed by atoms with van der Waals surface area (Å²) < 4.78 is 38.3. The van der Waals surface area contributed by atoms with Gasteiger partial charge in [0.25, 0.3) is 0 Å². The van der Waals surface area contributed by atoms with Gasteiger partial charge in [-0.15, -0.1) is 0 Å². The van der Waals surface area contributed by atoms with Crippen molar-refractivity contribution in [2.75, 3.05) is 85.9 Å². The Morgan fingerprint density at radius 1 is 0.353 bits per heavy atom. The molecule has 0 aliphatic carbocycles. The normalized spacial score (nSPS) is 11.6. The third-order valence-corrected chi connectivity index (χ3v) is 5.18. The first-order valence-corrected chi connectivity index (χ1v) is 13.9.